The van der Waals surface area contributed by atoms with Gasteiger partial charge >= 0.3 is 0 Å². The number of H-pyrrole nitrogens is 1. The monoisotopic (exact) mass is 414 g/mol. The number of para-hydroxylation sites is 1. The molecule has 0 unspecified atom stereocenters. The highest BCUT2D eigenvalue weighted by molar-refractivity contribution is 7.91. The van der Waals surface area contributed by atoms with Crippen molar-refractivity contribution in [1.29, 1.82) is 0 Å². The molecule has 8 heteroatoms. The molecule has 29 heavy (non-hydrogen) atoms. The summed E-state index contributed by atoms with van der Waals surface area (Å²) in [6.07, 6.45) is 2.82. The molecule has 0 spiro atoms. The molecule has 0 aliphatic carbocycles. The van der Waals surface area contributed by atoms with Crippen molar-refractivity contribution in [3.05, 3.63) is 53.0 Å². The molecule has 1 aliphatic heterocycles. The molecule has 1 amide bonds. The van der Waals surface area contributed by atoms with E-state index in [0.717, 1.165) is 33.4 Å². The lowest BCUT2D eigenvalue weighted by Crippen LogP contribution is -2.28. The Bertz CT molecular complexity index is 1180. The van der Waals surface area contributed by atoms with Gasteiger partial charge in [0.2, 0.25) is 5.91 Å². The second kappa shape index (κ2) is 7.33. The number of benzene rings is 1. The van der Waals surface area contributed by atoms with Gasteiger partial charge in [-0.05, 0) is 31.9 Å². The zero-order valence-corrected chi connectivity index (χ0v) is 17.8. The van der Waals surface area contributed by atoms with Crippen LogP contribution in [-0.4, -0.2) is 52.5 Å². The lowest BCUT2D eigenvalue weighted by Gasteiger charge is -2.18. The van der Waals surface area contributed by atoms with E-state index in [1.165, 1.54) is 0 Å². The SMILES string of the molecule is Cc1nn([C@@H]2CCS(=O)(=O)C2)c(C)c1CN(C)C(=O)Cc1c[nH]c2ccccc12. The van der Waals surface area contributed by atoms with Gasteiger partial charge in [-0.1, -0.05) is 18.2 Å². The van der Waals surface area contributed by atoms with Crippen molar-refractivity contribution in [1.82, 2.24) is 19.7 Å². The molecule has 1 saturated heterocycles. The number of aromatic nitrogens is 3. The Morgan fingerprint density at radius 3 is 2.79 bits per heavy atom. The third kappa shape index (κ3) is 3.81. The van der Waals surface area contributed by atoms with Crippen LogP contribution in [0.2, 0.25) is 0 Å². The van der Waals surface area contributed by atoms with Crippen molar-refractivity contribution < 1.29 is 13.2 Å². The number of sulfone groups is 1. The first kappa shape index (κ1) is 19.7. The van der Waals surface area contributed by atoms with Crippen LogP contribution in [0.5, 0.6) is 0 Å². The van der Waals surface area contributed by atoms with Crippen LogP contribution in [0.25, 0.3) is 10.9 Å². The summed E-state index contributed by atoms with van der Waals surface area (Å²) in [4.78, 5) is 17.8. The van der Waals surface area contributed by atoms with E-state index in [-0.39, 0.29) is 23.5 Å². The van der Waals surface area contributed by atoms with Crippen LogP contribution in [0.15, 0.2) is 30.5 Å². The average molecular weight is 415 g/mol. The Kier molecular flexibility index (Phi) is 4.98. The molecule has 0 radical (unpaired) electrons. The smallest absolute Gasteiger partial charge is 0.227 e. The number of aryl methyl sites for hydroxylation is 1. The standard InChI is InChI=1S/C21H26N4O3S/c1-14-19(15(2)25(23-14)17-8-9-29(27,28)13-17)12-24(3)21(26)10-16-11-22-20-7-5-4-6-18(16)20/h4-7,11,17,22H,8-10,12-13H2,1-3H3/t17-/m1/s1. The molecule has 1 aliphatic rings. The minimum Gasteiger partial charge on any atom is -0.361 e. The summed E-state index contributed by atoms with van der Waals surface area (Å²) in [7, 11) is -1.18. The van der Waals surface area contributed by atoms with Gasteiger partial charge in [0.1, 0.15) is 0 Å². The molecule has 1 fully saturated rings. The fourth-order valence-corrected chi connectivity index (χ4v) is 5.84. The largest absolute Gasteiger partial charge is 0.361 e. The number of amides is 1. The number of fused-ring (bicyclic) bond motifs is 1. The molecular weight excluding hydrogens is 388 g/mol. The van der Waals surface area contributed by atoms with E-state index in [9.17, 15) is 13.2 Å². The highest BCUT2D eigenvalue weighted by Gasteiger charge is 2.31. The fraction of sp³-hybridized carbons (Fsp3) is 0.429. The van der Waals surface area contributed by atoms with Gasteiger partial charge in [0.05, 0.1) is 29.7 Å². The first-order valence-corrected chi connectivity index (χ1v) is 11.6. The van der Waals surface area contributed by atoms with Crippen LogP contribution in [0.3, 0.4) is 0 Å². The van der Waals surface area contributed by atoms with E-state index in [2.05, 4.69) is 10.1 Å². The normalized spacial score (nSPS) is 18.4. The number of likely N-dealkylation sites (N-methyl/N-ethyl adjacent to an activating group) is 1. The van der Waals surface area contributed by atoms with Crippen molar-refractivity contribution in [2.24, 2.45) is 0 Å². The van der Waals surface area contributed by atoms with E-state index in [1.54, 1.807) is 11.9 Å². The van der Waals surface area contributed by atoms with Gasteiger partial charge in [0.15, 0.2) is 9.84 Å². The third-order valence-electron chi connectivity index (χ3n) is 5.87. The Morgan fingerprint density at radius 2 is 2.07 bits per heavy atom. The second-order valence-corrected chi connectivity index (χ2v) is 10.2. The van der Waals surface area contributed by atoms with Gasteiger partial charge in [-0.3, -0.25) is 9.48 Å². The van der Waals surface area contributed by atoms with Crippen LogP contribution in [0.1, 0.15) is 35.0 Å². The predicted octanol–water partition coefficient (Wildman–Crippen LogP) is 2.54. The van der Waals surface area contributed by atoms with Gasteiger partial charge < -0.3 is 9.88 Å². The van der Waals surface area contributed by atoms with E-state index in [1.807, 2.05) is 49.0 Å². The summed E-state index contributed by atoms with van der Waals surface area (Å²) >= 11 is 0. The lowest BCUT2D eigenvalue weighted by molar-refractivity contribution is -0.129. The minimum atomic E-state index is -2.98. The molecular formula is C21H26N4O3S. The summed E-state index contributed by atoms with van der Waals surface area (Å²) in [5.41, 5.74) is 4.79. The highest BCUT2D eigenvalue weighted by Crippen LogP contribution is 2.27. The predicted molar refractivity (Wildman–Crippen MR) is 112 cm³/mol. The summed E-state index contributed by atoms with van der Waals surface area (Å²) in [6.45, 7) is 4.33. The van der Waals surface area contributed by atoms with Crippen LogP contribution in [0, 0.1) is 13.8 Å². The molecule has 7 nitrogen and oxygen atoms in total. The quantitative estimate of drug-likeness (QED) is 0.695. The van der Waals surface area contributed by atoms with Gasteiger partial charge in [-0.2, -0.15) is 5.10 Å². The van der Waals surface area contributed by atoms with Crippen LogP contribution < -0.4 is 0 Å². The summed E-state index contributed by atoms with van der Waals surface area (Å²) in [6, 6.07) is 7.84. The lowest BCUT2D eigenvalue weighted by atomic mass is 10.1. The molecule has 4 rings (SSSR count). The number of aromatic amines is 1. The molecule has 3 heterocycles. The fourth-order valence-electron chi connectivity index (χ4n) is 4.15. The average Bonchev–Trinajstić information content (AvgIpc) is 3.33. The summed E-state index contributed by atoms with van der Waals surface area (Å²) in [5, 5.41) is 5.66. The van der Waals surface area contributed by atoms with Gasteiger partial charge in [-0.15, -0.1) is 0 Å². The first-order chi connectivity index (χ1) is 13.7. The van der Waals surface area contributed by atoms with Gasteiger partial charge in [-0.25, -0.2) is 8.42 Å². The summed E-state index contributed by atoms with van der Waals surface area (Å²) < 4.78 is 25.5. The highest BCUT2D eigenvalue weighted by atomic mass is 32.2. The maximum absolute atomic E-state index is 12.8. The zero-order chi connectivity index (χ0) is 20.8. The van der Waals surface area contributed by atoms with E-state index >= 15 is 0 Å². The van der Waals surface area contributed by atoms with Crippen molar-refractivity contribution in [2.45, 2.75) is 39.3 Å². The molecule has 0 saturated carbocycles. The molecule has 2 aromatic heterocycles. The number of nitrogens with one attached hydrogen (secondary N) is 1. The number of nitrogens with zero attached hydrogens (tertiary/aromatic N) is 3. The number of carbonyl (C=O) groups is 1. The molecule has 3 aromatic rings. The molecule has 154 valence electrons. The van der Waals surface area contributed by atoms with Crippen molar-refractivity contribution in [3.63, 3.8) is 0 Å². The Labute approximate surface area is 170 Å². The number of hydrogen-bond acceptors (Lipinski definition) is 4. The maximum atomic E-state index is 12.8. The van der Waals surface area contributed by atoms with E-state index in [0.29, 0.717) is 19.4 Å². The third-order valence-corrected chi connectivity index (χ3v) is 7.62. The Morgan fingerprint density at radius 1 is 1.31 bits per heavy atom. The number of carbonyl (C=O) groups excluding carboxylic acids is 1. The Balaban J connectivity index is 1.49. The summed E-state index contributed by atoms with van der Waals surface area (Å²) in [5.74, 6) is 0.391. The second-order valence-electron chi connectivity index (χ2n) is 7.94. The van der Waals surface area contributed by atoms with E-state index < -0.39 is 9.84 Å². The number of rotatable bonds is 5. The van der Waals surface area contributed by atoms with Crippen LogP contribution in [0.4, 0.5) is 0 Å². The van der Waals surface area contributed by atoms with Gasteiger partial charge in [0, 0.05) is 41.9 Å². The Hall–Kier alpha value is -2.61. The minimum absolute atomic E-state index is 0.0322. The van der Waals surface area contributed by atoms with Crippen molar-refractivity contribution >= 4 is 26.6 Å². The topological polar surface area (TPSA) is 88.1 Å². The van der Waals surface area contributed by atoms with Crippen LogP contribution in [-0.2, 0) is 27.6 Å². The zero-order valence-electron chi connectivity index (χ0n) is 17.0. The van der Waals surface area contributed by atoms with Crippen molar-refractivity contribution in [3.8, 4) is 0 Å². The molecule has 1 atom stereocenters. The van der Waals surface area contributed by atoms with Crippen molar-refractivity contribution in [2.75, 3.05) is 18.6 Å². The molecule has 0 bridgehead atoms. The van der Waals surface area contributed by atoms with E-state index in [4.69, 9.17) is 0 Å². The maximum Gasteiger partial charge on any atom is 0.227 e. The van der Waals surface area contributed by atoms with Gasteiger partial charge in [0.25, 0.3) is 0 Å². The number of hydrogen-bond donors (Lipinski definition) is 1. The molecule has 1 aromatic carbocycles. The van der Waals surface area contributed by atoms with Crippen LogP contribution >= 0.6 is 0 Å². The molecule has 1 N–H and O–H groups in total. The first-order valence-electron chi connectivity index (χ1n) is 9.79.